The number of nitrogens with two attached hydrogens (primary N) is 2. The molecule has 1 aromatic heterocycles. The van der Waals surface area contributed by atoms with Crippen molar-refractivity contribution in [1.82, 2.24) is 4.98 Å². The number of aromatic nitrogens is 1. The number of benzene rings is 1. The molecule has 0 aliphatic rings. The number of hydrogen-bond acceptors (Lipinski definition) is 4. The fourth-order valence-corrected chi connectivity index (χ4v) is 2.22. The van der Waals surface area contributed by atoms with Gasteiger partial charge >= 0.3 is 0 Å². The monoisotopic (exact) mass is 245 g/mol. The molecule has 0 atom stereocenters. The van der Waals surface area contributed by atoms with Gasteiger partial charge in [0.1, 0.15) is 5.03 Å². The first-order chi connectivity index (χ1) is 8.18. The van der Waals surface area contributed by atoms with Gasteiger partial charge in [0.2, 0.25) is 0 Å². The van der Waals surface area contributed by atoms with Crippen molar-refractivity contribution in [3.05, 3.63) is 48.2 Å². The normalized spacial score (nSPS) is 10.1. The minimum absolute atomic E-state index is 0.339. The summed E-state index contributed by atoms with van der Waals surface area (Å²) in [6.07, 6.45) is 1.70. The molecule has 2 aromatic rings. The molecule has 0 aliphatic heterocycles. The minimum atomic E-state index is -0.522. The number of amides is 1. The van der Waals surface area contributed by atoms with Gasteiger partial charge in [-0.1, -0.05) is 23.9 Å². The number of anilines is 1. The maximum absolute atomic E-state index is 11.1. The van der Waals surface area contributed by atoms with E-state index >= 15 is 0 Å². The molecule has 1 heterocycles. The maximum Gasteiger partial charge on any atom is 0.250 e. The minimum Gasteiger partial charge on any atom is -0.397 e. The Kier molecular flexibility index (Phi) is 3.30. The van der Waals surface area contributed by atoms with Crippen LogP contribution in [0.1, 0.15) is 10.4 Å². The molecular weight excluding hydrogens is 234 g/mol. The Morgan fingerprint density at radius 3 is 2.65 bits per heavy atom. The Morgan fingerprint density at radius 2 is 2.00 bits per heavy atom. The van der Waals surface area contributed by atoms with Gasteiger partial charge < -0.3 is 11.5 Å². The molecule has 2 rings (SSSR count). The second kappa shape index (κ2) is 4.88. The smallest absolute Gasteiger partial charge is 0.250 e. The van der Waals surface area contributed by atoms with E-state index in [1.165, 1.54) is 11.8 Å². The zero-order chi connectivity index (χ0) is 12.3. The van der Waals surface area contributed by atoms with Crippen LogP contribution in [-0.4, -0.2) is 10.9 Å². The Bertz CT molecular complexity index is 543. The standard InChI is InChI=1S/C12H11N3OS/c13-11-8(12(14)16)4-3-5-9(11)17-10-6-1-2-7-15-10/h1-7H,13H2,(H2,14,16). The van der Waals surface area contributed by atoms with E-state index in [0.717, 1.165) is 9.92 Å². The van der Waals surface area contributed by atoms with Crippen molar-refractivity contribution in [1.29, 1.82) is 0 Å². The van der Waals surface area contributed by atoms with Crippen LogP contribution in [0.2, 0.25) is 0 Å². The zero-order valence-corrected chi connectivity index (χ0v) is 9.78. The molecule has 17 heavy (non-hydrogen) atoms. The van der Waals surface area contributed by atoms with E-state index in [1.807, 2.05) is 24.3 Å². The van der Waals surface area contributed by atoms with E-state index in [-0.39, 0.29) is 0 Å². The third-order valence-electron chi connectivity index (χ3n) is 2.18. The number of carbonyl (C=O) groups is 1. The second-order valence-corrected chi connectivity index (χ2v) is 4.41. The summed E-state index contributed by atoms with van der Waals surface area (Å²) >= 11 is 1.40. The molecule has 1 amide bonds. The van der Waals surface area contributed by atoms with Crippen LogP contribution < -0.4 is 11.5 Å². The number of para-hydroxylation sites is 1. The Labute approximate surface area is 103 Å². The molecule has 0 fully saturated rings. The van der Waals surface area contributed by atoms with Crippen molar-refractivity contribution in [3.8, 4) is 0 Å². The third-order valence-corrected chi connectivity index (χ3v) is 3.21. The van der Waals surface area contributed by atoms with Crippen molar-refractivity contribution >= 4 is 23.4 Å². The van der Waals surface area contributed by atoms with Gasteiger partial charge in [-0.05, 0) is 24.3 Å². The molecule has 0 aliphatic carbocycles. The predicted molar refractivity (Wildman–Crippen MR) is 67.7 cm³/mol. The van der Waals surface area contributed by atoms with Crippen molar-refractivity contribution < 1.29 is 4.79 Å². The van der Waals surface area contributed by atoms with Crippen LogP contribution >= 0.6 is 11.8 Å². The lowest BCUT2D eigenvalue weighted by Crippen LogP contribution is -2.13. The molecule has 0 bridgehead atoms. The summed E-state index contributed by atoms with van der Waals surface area (Å²) in [5.41, 5.74) is 11.9. The molecular formula is C12H11N3OS. The van der Waals surface area contributed by atoms with Gasteiger partial charge in [0.25, 0.3) is 5.91 Å². The van der Waals surface area contributed by atoms with E-state index in [9.17, 15) is 4.79 Å². The van der Waals surface area contributed by atoms with Gasteiger partial charge in [-0.25, -0.2) is 4.98 Å². The van der Waals surface area contributed by atoms with Crippen LogP contribution in [0.3, 0.4) is 0 Å². The second-order valence-electron chi connectivity index (χ2n) is 3.35. The van der Waals surface area contributed by atoms with E-state index < -0.39 is 5.91 Å². The van der Waals surface area contributed by atoms with Crippen LogP contribution in [0.5, 0.6) is 0 Å². The van der Waals surface area contributed by atoms with E-state index in [1.54, 1.807) is 18.3 Å². The van der Waals surface area contributed by atoms with E-state index in [2.05, 4.69) is 4.98 Å². The Hall–Kier alpha value is -2.01. The van der Waals surface area contributed by atoms with Gasteiger partial charge in [-0.3, -0.25) is 4.79 Å². The zero-order valence-electron chi connectivity index (χ0n) is 8.96. The van der Waals surface area contributed by atoms with Gasteiger partial charge in [-0.2, -0.15) is 0 Å². The maximum atomic E-state index is 11.1. The SMILES string of the molecule is NC(=O)c1cccc(Sc2ccccn2)c1N. The predicted octanol–water partition coefficient (Wildman–Crippen LogP) is 1.91. The highest BCUT2D eigenvalue weighted by Crippen LogP contribution is 2.32. The topological polar surface area (TPSA) is 82.0 Å². The van der Waals surface area contributed by atoms with Gasteiger partial charge in [0.15, 0.2) is 0 Å². The molecule has 4 nitrogen and oxygen atoms in total. The lowest BCUT2D eigenvalue weighted by molar-refractivity contribution is 0.100. The number of hydrogen-bond donors (Lipinski definition) is 2. The fourth-order valence-electron chi connectivity index (χ4n) is 1.37. The summed E-state index contributed by atoms with van der Waals surface area (Å²) in [5.74, 6) is -0.522. The first-order valence-corrected chi connectivity index (χ1v) is 5.77. The third kappa shape index (κ3) is 2.57. The van der Waals surface area contributed by atoms with E-state index in [0.29, 0.717) is 11.3 Å². The van der Waals surface area contributed by atoms with Crippen molar-refractivity contribution in [2.24, 2.45) is 5.73 Å². The summed E-state index contributed by atoms with van der Waals surface area (Å²) in [5, 5.41) is 0.820. The molecule has 0 saturated heterocycles. The average molecular weight is 245 g/mol. The van der Waals surface area contributed by atoms with Gasteiger partial charge in [0, 0.05) is 11.1 Å². The first kappa shape index (κ1) is 11.5. The molecule has 86 valence electrons. The van der Waals surface area contributed by atoms with Gasteiger partial charge in [0.05, 0.1) is 11.3 Å². The Morgan fingerprint density at radius 1 is 1.18 bits per heavy atom. The molecule has 4 N–H and O–H groups in total. The van der Waals surface area contributed by atoms with Crippen LogP contribution in [0.4, 0.5) is 5.69 Å². The number of pyridine rings is 1. The van der Waals surface area contributed by atoms with Crippen LogP contribution in [0.15, 0.2) is 52.5 Å². The largest absolute Gasteiger partial charge is 0.397 e. The summed E-state index contributed by atoms with van der Waals surface area (Å²) < 4.78 is 0. The summed E-state index contributed by atoms with van der Waals surface area (Å²) in [6.45, 7) is 0. The lowest BCUT2D eigenvalue weighted by atomic mass is 10.2. The molecule has 0 saturated carbocycles. The fraction of sp³-hybridized carbons (Fsp3) is 0. The number of primary amides is 1. The van der Waals surface area contributed by atoms with Gasteiger partial charge in [-0.15, -0.1) is 0 Å². The quantitative estimate of drug-likeness (QED) is 0.809. The average Bonchev–Trinajstić information content (AvgIpc) is 2.33. The molecule has 5 heteroatoms. The van der Waals surface area contributed by atoms with Crippen molar-refractivity contribution in [3.63, 3.8) is 0 Å². The number of carbonyl (C=O) groups excluding carboxylic acids is 1. The highest BCUT2D eigenvalue weighted by molar-refractivity contribution is 7.99. The summed E-state index contributed by atoms with van der Waals surface area (Å²) in [7, 11) is 0. The molecule has 0 unspecified atom stereocenters. The lowest BCUT2D eigenvalue weighted by Gasteiger charge is -2.07. The molecule has 0 radical (unpaired) electrons. The molecule has 1 aromatic carbocycles. The summed E-state index contributed by atoms with van der Waals surface area (Å²) in [4.78, 5) is 16.1. The van der Waals surface area contributed by atoms with Crippen LogP contribution in [-0.2, 0) is 0 Å². The summed E-state index contributed by atoms with van der Waals surface area (Å²) in [6, 6.07) is 10.8. The highest BCUT2D eigenvalue weighted by Gasteiger charge is 2.10. The van der Waals surface area contributed by atoms with Crippen molar-refractivity contribution in [2.75, 3.05) is 5.73 Å². The van der Waals surface area contributed by atoms with Crippen LogP contribution in [0.25, 0.3) is 0 Å². The van der Waals surface area contributed by atoms with Crippen LogP contribution in [0, 0.1) is 0 Å². The Balaban J connectivity index is 2.34. The first-order valence-electron chi connectivity index (χ1n) is 4.95. The number of nitrogen functional groups attached to an aromatic ring is 1. The molecule has 0 spiro atoms. The van der Waals surface area contributed by atoms with Crippen molar-refractivity contribution in [2.45, 2.75) is 9.92 Å². The highest BCUT2D eigenvalue weighted by atomic mass is 32.2. The number of nitrogens with zero attached hydrogens (tertiary/aromatic N) is 1. The number of rotatable bonds is 3. The van der Waals surface area contributed by atoms with E-state index in [4.69, 9.17) is 11.5 Å².